The molecule has 0 radical (unpaired) electrons. The number of carbonyl (C=O) groups is 1. The first-order valence-corrected chi connectivity index (χ1v) is 9.46. The van der Waals surface area contributed by atoms with Gasteiger partial charge in [0.1, 0.15) is 11.4 Å². The molecular weight excluding hydrogens is 389 g/mol. The van der Waals surface area contributed by atoms with Crippen LogP contribution in [0, 0.1) is 11.9 Å². The van der Waals surface area contributed by atoms with Crippen LogP contribution in [-0.2, 0) is 4.74 Å². The van der Waals surface area contributed by atoms with Gasteiger partial charge in [0.05, 0.1) is 4.47 Å². The third-order valence-electron chi connectivity index (χ3n) is 4.28. The van der Waals surface area contributed by atoms with Crippen LogP contribution in [0.25, 0.3) is 0 Å². The highest BCUT2D eigenvalue weighted by molar-refractivity contribution is 9.10. The van der Waals surface area contributed by atoms with Crippen molar-refractivity contribution in [2.75, 3.05) is 18.5 Å². The number of halogens is 2. The molecule has 1 amide bonds. The van der Waals surface area contributed by atoms with Crippen LogP contribution in [0.15, 0.2) is 16.6 Å². The van der Waals surface area contributed by atoms with Crippen LogP contribution in [0.4, 0.5) is 15.0 Å². The predicted molar refractivity (Wildman–Crippen MR) is 100 cm³/mol. The third kappa shape index (κ3) is 6.45. The molecule has 0 spiro atoms. The number of amides is 1. The van der Waals surface area contributed by atoms with Gasteiger partial charge in [-0.05, 0) is 80.4 Å². The Morgan fingerprint density at radius 2 is 2.00 bits per heavy atom. The minimum Gasteiger partial charge on any atom is -0.444 e. The molecule has 25 heavy (non-hydrogen) atoms. The predicted octanol–water partition coefficient (Wildman–Crippen LogP) is 4.50. The molecule has 0 unspecified atom stereocenters. The number of rotatable bonds is 4. The Hall–Kier alpha value is -1.37. The van der Waals surface area contributed by atoms with Crippen LogP contribution < -0.4 is 10.2 Å². The van der Waals surface area contributed by atoms with Crippen LogP contribution in [0.2, 0.25) is 0 Å². The molecule has 1 saturated carbocycles. The SMILES string of the molecule is CN(C[C@H]1CC[C@@H](NC(=O)OC(C)(C)C)CC1)c1ccc(Br)c(F)n1. The van der Waals surface area contributed by atoms with Crippen LogP contribution in [-0.4, -0.2) is 36.3 Å². The fraction of sp³-hybridized carbons (Fsp3) is 0.667. The van der Waals surface area contributed by atoms with Crippen molar-refractivity contribution in [1.29, 1.82) is 0 Å². The molecule has 2 rings (SSSR count). The number of anilines is 1. The summed E-state index contributed by atoms with van der Waals surface area (Å²) >= 11 is 3.12. The summed E-state index contributed by atoms with van der Waals surface area (Å²) in [5.74, 6) is 0.652. The second-order valence-electron chi connectivity index (χ2n) is 7.69. The third-order valence-corrected chi connectivity index (χ3v) is 4.87. The van der Waals surface area contributed by atoms with E-state index >= 15 is 0 Å². The second kappa shape index (κ2) is 8.34. The number of alkyl carbamates (subject to hydrolysis) is 1. The lowest BCUT2D eigenvalue weighted by atomic mass is 9.86. The maximum atomic E-state index is 13.6. The Morgan fingerprint density at radius 3 is 2.56 bits per heavy atom. The Labute approximate surface area is 157 Å². The summed E-state index contributed by atoms with van der Waals surface area (Å²) in [7, 11) is 1.93. The lowest BCUT2D eigenvalue weighted by Gasteiger charge is -2.32. The minimum absolute atomic E-state index is 0.166. The van der Waals surface area contributed by atoms with E-state index in [-0.39, 0.29) is 12.1 Å². The van der Waals surface area contributed by atoms with Gasteiger partial charge in [-0.1, -0.05) is 0 Å². The van der Waals surface area contributed by atoms with E-state index in [0.29, 0.717) is 16.2 Å². The number of pyridine rings is 1. The van der Waals surface area contributed by atoms with Crippen molar-refractivity contribution in [3.05, 3.63) is 22.6 Å². The maximum Gasteiger partial charge on any atom is 0.407 e. The zero-order chi connectivity index (χ0) is 18.6. The smallest absolute Gasteiger partial charge is 0.407 e. The molecule has 1 aromatic rings. The Balaban J connectivity index is 1.78. The summed E-state index contributed by atoms with van der Waals surface area (Å²) in [6.45, 7) is 6.40. The van der Waals surface area contributed by atoms with E-state index in [1.165, 1.54) is 0 Å². The molecule has 0 bridgehead atoms. The number of ether oxygens (including phenoxy) is 1. The molecule has 1 N–H and O–H groups in total. The molecule has 1 aliphatic carbocycles. The summed E-state index contributed by atoms with van der Waals surface area (Å²) in [5, 5.41) is 2.95. The first-order chi connectivity index (χ1) is 11.6. The summed E-state index contributed by atoms with van der Waals surface area (Å²) in [5.41, 5.74) is -0.475. The van der Waals surface area contributed by atoms with E-state index in [0.717, 1.165) is 32.2 Å². The number of carbonyl (C=O) groups excluding carboxylic acids is 1. The van der Waals surface area contributed by atoms with Crippen molar-refractivity contribution in [3.8, 4) is 0 Å². The van der Waals surface area contributed by atoms with E-state index in [1.807, 2.05) is 38.8 Å². The summed E-state index contributed by atoms with van der Waals surface area (Å²) < 4.78 is 19.2. The summed E-state index contributed by atoms with van der Waals surface area (Å²) in [6.07, 6.45) is 3.55. The molecule has 1 fully saturated rings. The molecule has 5 nitrogen and oxygen atoms in total. The van der Waals surface area contributed by atoms with E-state index < -0.39 is 11.5 Å². The van der Waals surface area contributed by atoms with E-state index in [2.05, 4.69) is 26.2 Å². The number of nitrogens with zero attached hydrogens (tertiary/aromatic N) is 2. The first-order valence-electron chi connectivity index (χ1n) is 8.67. The number of hydrogen-bond donors (Lipinski definition) is 1. The Bertz CT molecular complexity index is 598. The fourth-order valence-corrected chi connectivity index (χ4v) is 3.29. The second-order valence-corrected chi connectivity index (χ2v) is 8.54. The molecule has 0 aromatic carbocycles. The van der Waals surface area contributed by atoms with Gasteiger partial charge in [-0.2, -0.15) is 4.39 Å². The molecule has 140 valence electrons. The molecular formula is C18H27BrFN3O2. The van der Waals surface area contributed by atoms with Gasteiger partial charge in [0, 0.05) is 19.6 Å². The van der Waals surface area contributed by atoms with Gasteiger partial charge in [-0.3, -0.25) is 0 Å². The van der Waals surface area contributed by atoms with Crippen LogP contribution in [0.1, 0.15) is 46.5 Å². The van der Waals surface area contributed by atoms with E-state index in [1.54, 1.807) is 6.07 Å². The fourth-order valence-electron chi connectivity index (χ4n) is 3.06. The van der Waals surface area contributed by atoms with Crippen molar-refractivity contribution < 1.29 is 13.9 Å². The molecule has 1 aliphatic rings. The Morgan fingerprint density at radius 1 is 1.36 bits per heavy atom. The first kappa shape index (κ1) is 19.9. The molecule has 0 saturated heterocycles. The van der Waals surface area contributed by atoms with Gasteiger partial charge in [-0.25, -0.2) is 9.78 Å². The minimum atomic E-state index is -0.491. The van der Waals surface area contributed by atoms with Crippen molar-refractivity contribution in [2.24, 2.45) is 5.92 Å². The summed E-state index contributed by atoms with van der Waals surface area (Å²) in [6, 6.07) is 3.65. The Kier molecular flexibility index (Phi) is 6.65. The van der Waals surface area contributed by atoms with Gasteiger partial charge in [0.15, 0.2) is 0 Å². The maximum absolute atomic E-state index is 13.6. The quantitative estimate of drug-likeness (QED) is 0.735. The van der Waals surface area contributed by atoms with Gasteiger partial charge >= 0.3 is 6.09 Å². The van der Waals surface area contributed by atoms with Gasteiger partial charge in [0.2, 0.25) is 5.95 Å². The average Bonchev–Trinajstić information content (AvgIpc) is 2.50. The largest absolute Gasteiger partial charge is 0.444 e. The summed E-state index contributed by atoms with van der Waals surface area (Å²) in [4.78, 5) is 17.8. The van der Waals surface area contributed by atoms with Crippen LogP contribution >= 0.6 is 15.9 Å². The van der Waals surface area contributed by atoms with Crippen molar-refractivity contribution in [2.45, 2.75) is 58.1 Å². The van der Waals surface area contributed by atoms with Crippen LogP contribution in [0.3, 0.4) is 0 Å². The lowest BCUT2D eigenvalue weighted by molar-refractivity contribution is 0.0488. The lowest BCUT2D eigenvalue weighted by Crippen LogP contribution is -2.42. The van der Waals surface area contributed by atoms with Crippen molar-refractivity contribution in [3.63, 3.8) is 0 Å². The van der Waals surface area contributed by atoms with E-state index in [4.69, 9.17) is 4.74 Å². The zero-order valence-corrected chi connectivity index (χ0v) is 16.9. The highest BCUT2D eigenvalue weighted by Crippen LogP contribution is 2.27. The monoisotopic (exact) mass is 415 g/mol. The zero-order valence-electron chi connectivity index (χ0n) is 15.3. The molecule has 1 heterocycles. The highest BCUT2D eigenvalue weighted by atomic mass is 79.9. The van der Waals surface area contributed by atoms with Gasteiger partial charge in [0.25, 0.3) is 0 Å². The van der Waals surface area contributed by atoms with Crippen molar-refractivity contribution in [1.82, 2.24) is 10.3 Å². The molecule has 0 atom stereocenters. The average molecular weight is 416 g/mol. The standard InChI is InChI=1S/C18H27BrFN3O2/c1-18(2,3)25-17(24)21-13-7-5-12(6-8-13)11-23(4)15-10-9-14(19)16(20)22-15/h9-10,12-13H,5-8,11H2,1-4H3,(H,21,24)/t12-,13+. The molecule has 1 aromatic heterocycles. The van der Waals surface area contributed by atoms with Gasteiger partial charge in [-0.15, -0.1) is 0 Å². The molecule has 7 heteroatoms. The molecule has 0 aliphatic heterocycles. The van der Waals surface area contributed by atoms with Crippen molar-refractivity contribution >= 4 is 27.8 Å². The van der Waals surface area contributed by atoms with Crippen LogP contribution in [0.5, 0.6) is 0 Å². The number of aromatic nitrogens is 1. The van der Waals surface area contributed by atoms with Gasteiger partial charge < -0.3 is 15.0 Å². The van der Waals surface area contributed by atoms with E-state index in [9.17, 15) is 9.18 Å². The number of hydrogen-bond acceptors (Lipinski definition) is 4. The number of nitrogens with one attached hydrogen (secondary N) is 1. The topological polar surface area (TPSA) is 54.5 Å². The normalized spacial score (nSPS) is 20.9. The highest BCUT2D eigenvalue weighted by Gasteiger charge is 2.25.